The lowest BCUT2D eigenvalue weighted by molar-refractivity contribution is -0.0207. The summed E-state index contributed by atoms with van der Waals surface area (Å²) >= 11 is 0. The Balaban J connectivity index is 1.58. The molecule has 0 aromatic heterocycles. The molecule has 236 valence electrons. The van der Waals surface area contributed by atoms with Gasteiger partial charge >= 0.3 is 0 Å². The first-order valence-electron chi connectivity index (χ1n) is 14.2. The normalized spacial score (nSPS) is 16.2. The first-order valence-corrected chi connectivity index (χ1v) is 14.2. The average Bonchev–Trinajstić information content (AvgIpc) is 3.53. The highest BCUT2D eigenvalue weighted by atomic mass is 19.1. The van der Waals surface area contributed by atoms with E-state index in [0.717, 1.165) is 54.3 Å². The molecule has 1 heterocycles. The summed E-state index contributed by atoms with van der Waals surface area (Å²) in [6.45, 7) is 2.43. The molecule has 1 aliphatic heterocycles. The Hall–Kier alpha value is -4.35. The van der Waals surface area contributed by atoms with Gasteiger partial charge in [-0.05, 0) is 73.2 Å². The van der Waals surface area contributed by atoms with Gasteiger partial charge in [-0.1, -0.05) is 13.0 Å². The second-order valence-electron chi connectivity index (χ2n) is 10.1. The van der Waals surface area contributed by atoms with Crippen molar-refractivity contribution in [3.8, 4) is 28.7 Å². The first-order chi connectivity index (χ1) is 21.2. The fraction of sp³-hybridized carbons (Fsp3) is 0.364. The van der Waals surface area contributed by atoms with Gasteiger partial charge in [0, 0.05) is 17.8 Å². The fourth-order valence-electron chi connectivity index (χ4n) is 5.09. The third kappa shape index (κ3) is 7.23. The minimum atomic E-state index is -1.07. The molecule has 3 aromatic rings. The molecular weight excluding hydrogens is 576 g/mol. The monoisotopic (exact) mass is 613 g/mol. The molecule has 3 aromatic carbocycles. The van der Waals surface area contributed by atoms with Crippen molar-refractivity contribution in [2.24, 2.45) is 0 Å². The summed E-state index contributed by atoms with van der Waals surface area (Å²) in [4.78, 5) is 12.5. The molecule has 0 aliphatic carbocycles. The third-order valence-electron chi connectivity index (χ3n) is 7.23. The van der Waals surface area contributed by atoms with Gasteiger partial charge in [-0.25, -0.2) is 8.78 Å². The number of carbonyl (C=O) groups excluding carboxylic acids is 1. The van der Waals surface area contributed by atoms with E-state index in [4.69, 9.17) is 28.4 Å². The Morgan fingerprint density at radius 3 is 2.05 bits per heavy atom. The highest BCUT2D eigenvalue weighted by Gasteiger charge is 2.31. The lowest BCUT2D eigenvalue weighted by Gasteiger charge is -2.20. The van der Waals surface area contributed by atoms with Gasteiger partial charge in [-0.2, -0.15) is 5.06 Å². The Bertz CT molecular complexity index is 1470. The number of allylic oxidation sites excluding steroid dienone is 1. The van der Waals surface area contributed by atoms with Gasteiger partial charge in [0.1, 0.15) is 11.6 Å². The molecule has 2 atom stereocenters. The number of nitrogens with zero attached hydrogens (tertiary/aromatic N) is 1. The van der Waals surface area contributed by atoms with Crippen molar-refractivity contribution >= 4 is 5.91 Å². The molecule has 1 fully saturated rings. The van der Waals surface area contributed by atoms with Gasteiger partial charge in [0.25, 0.3) is 5.91 Å². The van der Waals surface area contributed by atoms with Crippen LogP contribution in [0.15, 0.2) is 54.7 Å². The number of hydrogen-bond donors (Lipinski definition) is 1. The van der Waals surface area contributed by atoms with E-state index in [1.807, 2.05) is 31.2 Å². The SMILES string of the molecule is CCCOc1c(C/C=C/N(O)C(=O)c2ccc(F)cc2F)cc(C2CCC(c3cc(OC)c(OC)c(OC)c3)O2)cc1OC. The predicted octanol–water partition coefficient (Wildman–Crippen LogP) is 6.97. The zero-order valence-electron chi connectivity index (χ0n) is 25.4. The number of benzene rings is 3. The summed E-state index contributed by atoms with van der Waals surface area (Å²) in [6.07, 6.45) is 4.65. The molecule has 44 heavy (non-hydrogen) atoms. The molecule has 1 amide bonds. The van der Waals surface area contributed by atoms with Crippen molar-refractivity contribution in [1.82, 2.24) is 5.06 Å². The van der Waals surface area contributed by atoms with Crippen LogP contribution in [-0.4, -0.2) is 51.2 Å². The van der Waals surface area contributed by atoms with E-state index in [9.17, 15) is 18.8 Å². The van der Waals surface area contributed by atoms with Gasteiger partial charge in [0.15, 0.2) is 23.0 Å². The quantitative estimate of drug-likeness (QED) is 0.163. The van der Waals surface area contributed by atoms with Crippen molar-refractivity contribution in [2.75, 3.05) is 35.0 Å². The average molecular weight is 614 g/mol. The first kappa shape index (κ1) is 32.6. The van der Waals surface area contributed by atoms with Gasteiger partial charge in [0.05, 0.1) is 52.8 Å². The number of carbonyl (C=O) groups is 1. The maximum absolute atomic E-state index is 14.1. The number of ether oxygens (including phenoxy) is 6. The second kappa shape index (κ2) is 14.9. The smallest absolute Gasteiger partial charge is 0.284 e. The minimum absolute atomic E-state index is 0.222. The minimum Gasteiger partial charge on any atom is -0.493 e. The molecule has 1 aliphatic rings. The third-order valence-corrected chi connectivity index (χ3v) is 7.23. The highest BCUT2D eigenvalue weighted by Crippen LogP contribution is 2.47. The lowest BCUT2D eigenvalue weighted by Crippen LogP contribution is -2.22. The lowest BCUT2D eigenvalue weighted by atomic mass is 9.99. The van der Waals surface area contributed by atoms with Crippen LogP contribution in [0.5, 0.6) is 28.7 Å². The van der Waals surface area contributed by atoms with Crippen molar-refractivity contribution in [3.63, 3.8) is 0 Å². The van der Waals surface area contributed by atoms with Gasteiger partial charge in [0.2, 0.25) is 5.75 Å². The molecule has 4 rings (SSSR count). The van der Waals surface area contributed by atoms with E-state index >= 15 is 0 Å². The summed E-state index contributed by atoms with van der Waals surface area (Å²) in [5.74, 6) is -0.299. The van der Waals surface area contributed by atoms with Crippen molar-refractivity contribution < 1.29 is 47.2 Å². The molecule has 0 radical (unpaired) electrons. The zero-order valence-corrected chi connectivity index (χ0v) is 25.4. The van der Waals surface area contributed by atoms with Crippen LogP contribution in [0.25, 0.3) is 0 Å². The summed E-state index contributed by atoms with van der Waals surface area (Å²) in [5, 5.41) is 10.5. The van der Waals surface area contributed by atoms with E-state index in [0.29, 0.717) is 41.4 Å². The topological polar surface area (TPSA) is 95.9 Å². The number of amides is 1. The van der Waals surface area contributed by atoms with Crippen LogP contribution < -0.4 is 23.7 Å². The van der Waals surface area contributed by atoms with Crippen LogP contribution in [0.3, 0.4) is 0 Å². The molecular formula is C33H37F2NO8. The van der Waals surface area contributed by atoms with Crippen molar-refractivity contribution in [1.29, 1.82) is 0 Å². The molecule has 1 N–H and O–H groups in total. The van der Waals surface area contributed by atoms with E-state index < -0.39 is 23.1 Å². The maximum atomic E-state index is 14.1. The number of hydroxylamine groups is 2. The van der Waals surface area contributed by atoms with Crippen molar-refractivity contribution in [3.05, 3.63) is 88.6 Å². The number of hydrogen-bond acceptors (Lipinski definition) is 8. The summed E-state index contributed by atoms with van der Waals surface area (Å²) < 4.78 is 62.0. The predicted molar refractivity (Wildman–Crippen MR) is 158 cm³/mol. The van der Waals surface area contributed by atoms with Gasteiger partial charge in [-0.3, -0.25) is 10.0 Å². The standard InChI is InChI=1S/C33H37F2NO8/c1-6-14-43-31-20(8-7-13-36(38)33(37)24-10-9-23(34)19-25(24)35)15-21(16-28(31)39-2)26-11-12-27(44-26)22-17-29(40-3)32(42-5)30(18-22)41-4/h7,9-10,13,15-19,26-27,38H,6,8,11-12,14H2,1-5H3/b13-7+. The second-order valence-corrected chi connectivity index (χ2v) is 10.1. The van der Waals surface area contributed by atoms with E-state index in [-0.39, 0.29) is 23.7 Å². The Kier molecular flexibility index (Phi) is 11.0. The Morgan fingerprint density at radius 1 is 0.909 bits per heavy atom. The summed E-state index contributed by atoms with van der Waals surface area (Å²) in [7, 11) is 6.24. The van der Waals surface area contributed by atoms with Crippen LogP contribution in [0, 0.1) is 11.6 Å². The molecule has 11 heteroatoms. The van der Waals surface area contributed by atoms with Crippen LogP contribution >= 0.6 is 0 Å². The summed E-state index contributed by atoms with van der Waals surface area (Å²) in [5.41, 5.74) is 2.03. The van der Waals surface area contributed by atoms with Gasteiger partial charge in [-0.15, -0.1) is 0 Å². The summed E-state index contributed by atoms with van der Waals surface area (Å²) in [6, 6.07) is 10.1. The van der Waals surface area contributed by atoms with Crippen LogP contribution in [0.1, 0.15) is 65.4 Å². The number of halogens is 2. The molecule has 0 bridgehead atoms. The number of rotatable bonds is 13. The molecule has 2 unspecified atom stereocenters. The Labute approximate surface area is 255 Å². The molecule has 0 saturated carbocycles. The van der Waals surface area contributed by atoms with Crippen LogP contribution in [-0.2, 0) is 11.2 Å². The molecule has 9 nitrogen and oxygen atoms in total. The van der Waals surface area contributed by atoms with Crippen molar-refractivity contribution in [2.45, 2.75) is 44.8 Å². The number of methoxy groups -OCH3 is 4. The van der Waals surface area contributed by atoms with E-state index in [2.05, 4.69) is 0 Å². The Morgan fingerprint density at radius 2 is 1.50 bits per heavy atom. The van der Waals surface area contributed by atoms with Crippen LogP contribution in [0.4, 0.5) is 8.78 Å². The zero-order chi connectivity index (χ0) is 31.8. The largest absolute Gasteiger partial charge is 0.493 e. The molecule has 1 saturated heterocycles. The fourth-order valence-corrected chi connectivity index (χ4v) is 5.09. The van der Waals surface area contributed by atoms with E-state index in [1.165, 1.54) is 6.08 Å². The van der Waals surface area contributed by atoms with Gasteiger partial charge < -0.3 is 28.4 Å². The highest BCUT2D eigenvalue weighted by molar-refractivity contribution is 5.94. The molecule has 0 spiro atoms. The van der Waals surface area contributed by atoms with Crippen LogP contribution in [0.2, 0.25) is 0 Å². The maximum Gasteiger partial charge on any atom is 0.284 e. The van der Waals surface area contributed by atoms with E-state index in [1.54, 1.807) is 28.4 Å².